The van der Waals surface area contributed by atoms with E-state index in [1.54, 1.807) is 19.9 Å². The van der Waals surface area contributed by atoms with Crippen molar-refractivity contribution in [1.82, 2.24) is 0 Å². The topological polar surface area (TPSA) is 23.8 Å². The molecule has 0 radical (unpaired) electrons. The number of halogens is 1. The summed E-state index contributed by atoms with van der Waals surface area (Å²) >= 11 is 0. The van der Waals surface area contributed by atoms with E-state index in [1.165, 1.54) is 6.07 Å². The van der Waals surface area contributed by atoms with Gasteiger partial charge in [0, 0.05) is 5.56 Å². The fourth-order valence-electron chi connectivity index (χ4n) is 1.82. The third-order valence-electron chi connectivity index (χ3n) is 3.06. The summed E-state index contributed by atoms with van der Waals surface area (Å²) < 4.78 is 14.1. The minimum Gasteiger partial charge on any atom is -0.206 e. The Kier molecular flexibility index (Phi) is 3.16. The Morgan fingerprint density at radius 2 is 1.72 bits per heavy atom. The van der Waals surface area contributed by atoms with Gasteiger partial charge >= 0.3 is 0 Å². The molecule has 0 aliphatic heterocycles. The van der Waals surface area contributed by atoms with Gasteiger partial charge < -0.3 is 0 Å². The van der Waals surface area contributed by atoms with E-state index in [4.69, 9.17) is 5.26 Å². The number of hydrogen-bond acceptors (Lipinski definition) is 1. The van der Waals surface area contributed by atoms with Crippen molar-refractivity contribution < 1.29 is 4.39 Å². The van der Waals surface area contributed by atoms with Crippen LogP contribution in [0.5, 0.6) is 0 Å². The summed E-state index contributed by atoms with van der Waals surface area (Å²) in [4.78, 5) is 0. The van der Waals surface area contributed by atoms with Crippen molar-refractivity contribution in [1.29, 1.82) is 5.26 Å². The van der Waals surface area contributed by atoms with Gasteiger partial charge in [-0.2, -0.15) is 5.26 Å². The normalized spacial score (nSPS) is 11.0. The lowest BCUT2D eigenvalue weighted by Crippen LogP contribution is -2.14. The van der Waals surface area contributed by atoms with E-state index >= 15 is 0 Å². The zero-order chi connectivity index (χ0) is 13.2. The molecule has 2 aromatic rings. The SMILES string of the molecule is CC(C)(C#N)c1ccc(-c2ccccc2)c(F)c1. The number of hydrogen-bond donors (Lipinski definition) is 0. The lowest BCUT2D eigenvalue weighted by Gasteiger charge is -2.16. The third kappa shape index (κ3) is 2.26. The minimum atomic E-state index is -0.671. The average molecular weight is 239 g/mol. The molecular weight excluding hydrogens is 225 g/mol. The molecule has 0 heterocycles. The Morgan fingerprint density at radius 1 is 1.06 bits per heavy atom. The average Bonchev–Trinajstić information content (AvgIpc) is 2.39. The molecular formula is C16H14FN. The number of rotatable bonds is 2. The Labute approximate surface area is 107 Å². The summed E-state index contributed by atoms with van der Waals surface area (Å²) in [5.74, 6) is -0.290. The summed E-state index contributed by atoms with van der Waals surface area (Å²) in [5.41, 5.74) is 1.43. The number of nitriles is 1. The van der Waals surface area contributed by atoms with Crippen LogP contribution in [0.4, 0.5) is 4.39 Å². The summed E-state index contributed by atoms with van der Waals surface area (Å²) in [5, 5.41) is 9.05. The highest BCUT2D eigenvalue weighted by atomic mass is 19.1. The van der Waals surface area contributed by atoms with Gasteiger partial charge in [-0.15, -0.1) is 0 Å². The van der Waals surface area contributed by atoms with E-state index in [0.29, 0.717) is 11.1 Å². The molecule has 0 bridgehead atoms. The van der Waals surface area contributed by atoms with Crippen molar-refractivity contribution >= 4 is 0 Å². The molecule has 0 saturated carbocycles. The standard InChI is InChI=1S/C16H14FN/c1-16(2,11-18)13-8-9-14(15(17)10-13)12-6-4-3-5-7-12/h3-10H,1-2H3. The smallest absolute Gasteiger partial charge is 0.131 e. The van der Waals surface area contributed by atoms with Crippen LogP contribution in [-0.4, -0.2) is 0 Å². The van der Waals surface area contributed by atoms with E-state index in [0.717, 1.165) is 5.56 Å². The zero-order valence-corrected chi connectivity index (χ0v) is 10.4. The highest BCUT2D eigenvalue weighted by Crippen LogP contribution is 2.28. The highest BCUT2D eigenvalue weighted by molar-refractivity contribution is 5.64. The molecule has 2 aromatic carbocycles. The first-order valence-electron chi connectivity index (χ1n) is 5.81. The molecule has 0 atom stereocenters. The van der Waals surface area contributed by atoms with Crippen LogP contribution in [0.2, 0.25) is 0 Å². The van der Waals surface area contributed by atoms with E-state index in [9.17, 15) is 4.39 Å². The van der Waals surface area contributed by atoms with Crippen molar-refractivity contribution in [3.8, 4) is 17.2 Å². The van der Waals surface area contributed by atoms with Gasteiger partial charge in [-0.3, -0.25) is 0 Å². The molecule has 0 saturated heterocycles. The van der Waals surface area contributed by atoms with E-state index < -0.39 is 5.41 Å². The molecule has 2 rings (SSSR count). The van der Waals surface area contributed by atoms with Gasteiger partial charge in [-0.25, -0.2) is 4.39 Å². The van der Waals surface area contributed by atoms with Crippen LogP contribution in [0.3, 0.4) is 0 Å². The lowest BCUT2D eigenvalue weighted by molar-refractivity contribution is 0.616. The fraction of sp³-hybridized carbons (Fsp3) is 0.188. The maximum Gasteiger partial charge on any atom is 0.131 e. The second-order valence-electron chi connectivity index (χ2n) is 4.80. The van der Waals surface area contributed by atoms with Gasteiger partial charge in [-0.1, -0.05) is 42.5 Å². The maximum absolute atomic E-state index is 14.1. The molecule has 90 valence electrons. The first-order valence-corrected chi connectivity index (χ1v) is 5.81. The van der Waals surface area contributed by atoms with Crippen molar-refractivity contribution in [2.75, 3.05) is 0 Å². The van der Waals surface area contributed by atoms with Crippen LogP contribution in [0.15, 0.2) is 48.5 Å². The predicted octanol–water partition coefficient (Wildman–Crippen LogP) is 4.29. The van der Waals surface area contributed by atoms with Crippen molar-refractivity contribution in [2.24, 2.45) is 0 Å². The predicted molar refractivity (Wildman–Crippen MR) is 70.5 cm³/mol. The number of nitrogens with zero attached hydrogens (tertiary/aromatic N) is 1. The van der Waals surface area contributed by atoms with Crippen LogP contribution in [0, 0.1) is 17.1 Å². The molecule has 0 amide bonds. The lowest BCUT2D eigenvalue weighted by atomic mass is 9.85. The first-order chi connectivity index (χ1) is 8.54. The third-order valence-corrected chi connectivity index (χ3v) is 3.06. The van der Waals surface area contributed by atoms with E-state index in [-0.39, 0.29) is 5.82 Å². The molecule has 18 heavy (non-hydrogen) atoms. The summed E-state index contributed by atoms with van der Waals surface area (Å²) in [6.45, 7) is 3.56. The van der Waals surface area contributed by atoms with Gasteiger partial charge in [0.15, 0.2) is 0 Å². The second kappa shape index (κ2) is 4.62. The maximum atomic E-state index is 14.1. The zero-order valence-electron chi connectivity index (χ0n) is 10.4. The Morgan fingerprint density at radius 3 is 2.28 bits per heavy atom. The largest absolute Gasteiger partial charge is 0.206 e. The molecule has 0 fully saturated rings. The molecule has 0 unspecified atom stereocenters. The summed E-state index contributed by atoms with van der Waals surface area (Å²) in [6, 6.07) is 16.6. The summed E-state index contributed by atoms with van der Waals surface area (Å²) in [7, 11) is 0. The van der Waals surface area contributed by atoms with Crippen molar-refractivity contribution in [3.63, 3.8) is 0 Å². The van der Waals surface area contributed by atoms with Crippen LogP contribution in [0.25, 0.3) is 11.1 Å². The first kappa shape index (κ1) is 12.3. The molecule has 0 N–H and O–H groups in total. The van der Waals surface area contributed by atoms with Crippen molar-refractivity contribution in [3.05, 3.63) is 59.9 Å². The van der Waals surface area contributed by atoms with Crippen molar-refractivity contribution in [2.45, 2.75) is 19.3 Å². The van der Waals surface area contributed by atoms with Gasteiger partial charge in [0.2, 0.25) is 0 Å². The summed E-state index contributed by atoms with van der Waals surface area (Å²) in [6.07, 6.45) is 0. The Hall–Kier alpha value is -2.14. The van der Waals surface area contributed by atoms with E-state index in [1.807, 2.05) is 36.4 Å². The fourth-order valence-corrected chi connectivity index (χ4v) is 1.82. The van der Waals surface area contributed by atoms with Crippen LogP contribution in [0.1, 0.15) is 19.4 Å². The Bertz CT molecular complexity index is 594. The monoisotopic (exact) mass is 239 g/mol. The molecule has 0 aliphatic carbocycles. The second-order valence-corrected chi connectivity index (χ2v) is 4.80. The van der Waals surface area contributed by atoms with Gasteiger partial charge in [0.25, 0.3) is 0 Å². The Balaban J connectivity index is 2.48. The van der Waals surface area contributed by atoms with Crippen LogP contribution >= 0.6 is 0 Å². The molecule has 1 nitrogen and oxygen atoms in total. The van der Waals surface area contributed by atoms with E-state index in [2.05, 4.69) is 6.07 Å². The molecule has 0 spiro atoms. The van der Waals surface area contributed by atoms with Crippen LogP contribution in [-0.2, 0) is 5.41 Å². The van der Waals surface area contributed by atoms with Crippen LogP contribution < -0.4 is 0 Å². The van der Waals surface area contributed by atoms with Gasteiger partial charge in [-0.05, 0) is 31.0 Å². The molecule has 2 heteroatoms. The number of benzene rings is 2. The highest BCUT2D eigenvalue weighted by Gasteiger charge is 2.21. The quantitative estimate of drug-likeness (QED) is 0.766. The molecule has 0 aliphatic rings. The van der Waals surface area contributed by atoms with Gasteiger partial charge in [0.05, 0.1) is 11.5 Å². The molecule has 0 aromatic heterocycles. The minimum absolute atomic E-state index is 0.290. The van der Waals surface area contributed by atoms with Gasteiger partial charge in [0.1, 0.15) is 5.82 Å².